The third kappa shape index (κ3) is 6.96. The van der Waals surface area contributed by atoms with Crippen LogP contribution in [0.2, 0.25) is 15.1 Å². The van der Waals surface area contributed by atoms with Crippen molar-refractivity contribution in [2.24, 2.45) is 0 Å². The quantitative estimate of drug-likeness (QED) is 0.347. The number of benzene rings is 3. The highest BCUT2D eigenvalue weighted by molar-refractivity contribution is 7.92. The molecule has 3 rings (SSSR count). The molecular formula is C26H26Cl3N3O4S. The Labute approximate surface area is 232 Å². The molecule has 0 aliphatic rings. The Hall–Kier alpha value is -2.78. The molecule has 37 heavy (non-hydrogen) atoms. The van der Waals surface area contributed by atoms with E-state index in [0.29, 0.717) is 11.4 Å². The van der Waals surface area contributed by atoms with Crippen LogP contribution in [-0.2, 0) is 26.2 Å². The topological polar surface area (TPSA) is 86.8 Å². The second-order valence-electron chi connectivity index (χ2n) is 8.11. The van der Waals surface area contributed by atoms with Crippen molar-refractivity contribution in [1.29, 1.82) is 0 Å². The van der Waals surface area contributed by atoms with Crippen molar-refractivity contribution in [3.63, 3.8) is 0 Å². The number of amides is 2. The SMILES string of the molecule is CCC(C(=O)NC)N(Cc1ccc(Cl)cc1)C(=O)CN(c1cc(Cl)ccc1Cl)S(=O)(=O)c1ccccc1. The highest BCUT2D eigenvalue weighted by atomic mass is 35.5. The van der Waals surface area contributed by atoms with Gasteiger partial charge in [-0.05, 0) is 54.4 Å². The first-order chi connectivity index (χ1) is 17.6. The van der Waals surface area contributed by atoms with Crippen LogP contribution in [-0.4, -0.2) is 44.8 Å². The van der Waals surface area contributed by atoms with E-state index in [4.69, 9.17) is 34.8 Å². The maximum Gasteiger partial charge on any atom is 0.264 e. The van der Waals surface area contributed by atoms with Gasteiger partial charge in [-0.25, -0.2) is 8.42 Å². The number of sulfonamides is 1. The van der Waals surface area contributed by atoms with Crippen LogP contribution >= 0.6 is 34.8 Å². The van der Waals surface area contributed by atoms with E-state index in [1.807, 2.05) is 0 Å². The van der Waals surface area contributed by atoms with Crippen LogP contribution in [0, 0.1) is 0 Å². The first-order valence-electron chi connectivity index (χ1n) is 11.4. The van der Waals surface area contributed by atoms with Crippen molar-refractivity contribution in [2.45, 2.75) is 30.8 Å². The van der Waals surface area contributed by atoms with Crippen LogP contribution in [0.15, 0.2) is 77.7 Å². The van der Waals surface area contributed by atoms with Gasteiger partial charge in [0.15, 0.2) is 0 Å². The molecule has 0 heterocycles. The maximum atomic E-state index is 13.8. The van der Waals surface area contributed by atoms with E-state index in [9.17, 15) is 18.0 Å². The zero-order valence-electron chi connectivity index (χ0n) is 20.2. The van der Waals surface area contributed by atoms with Crippen LogP contribution in [0.1, 0.15) is 18.9 Å². The van der Waals surface area contributed by atoms with Crippen molar-refractivity contribution in [2.75, 3.05) is 17.9 Å². The summed E-state index contributed by atoms with van der Waals surface area (Å²) in [7, 11) is -2.75. The Bertz CT molecular complexity index is 1350. The Balaban J connectivity index is 2.09. The molecule has 1 unspecified atom stereocenters. The van der Waals surface area contributed by atoms with Gasteiger partial charge < -0.3 is 10.2 Å². The molecule has 0 aliphatic carbocycles. The minimum atomic E-state index is -4.23. The molecule has 3 aromatic carbocycles. The van der Waals surface area contributed by atoms with E-state index >= 15 is 0 Å². The van der Waals surface area contributed by atoms with E-state index in [2.05, 4.69) is 5.32 Å². The molecule has 0 aliphatic heterocycles. The number of nitrogens with one attached hydrogen (secondary N) is 1. The van der Waals surface area contributed by atoms with E-state index in [-0.39, 0.29) is 33.1 Å². The van der Waals surface area contributed by atoms with Crippen LogP contribution in [0.25, 0.3) is 0 Å². The summed E-state index contributed by atoms with van der Waals surface area (Å²) in [5.74, 6) is -0.969. The molecule has 7 nitrogen and oxygen atoms in total. The fraction of sp³-hybridized carbons (Fsp3) is 0.231. The Morgan fingerprint density at radius 2 is 1.54 bits per heavy atom. The molecule has 1 N–H and O–H groups in total. The Morgan fingerprint density at radius 3 is 2.14 bits per heavy atom. The van der Waals surface area contributed by atoms with Gasteiger partial charge >= 0.3 is 0 Å². The summed E-state index contributed by atoms with van der Waals surface area (Å²) in [6.45, 7) is 1.22. The lowest BCUT2D eigenvalue weighted by Crippen LogP contribution is -2.51. The van der Waals surface area contributed by atoms with Crippen LogP contribution in [0.3, 0.4) is 0 Å². The second-order valence-corrected chi connectivity index (χ2v) is 11.2. The first kappa shape index (κ1) is 28.8. The van der Waals surface area contributed by atoms with Gasteiger partial charge in [-0.3, -0.25) is 13.9 Å². The molecule has 0 radical (unpaired) electrons. The van der Waals surface area contributed by atoms with Gasteiger partial charge in [-0.2, -0.15) is 0 Å². The number of rotatable bonds is 10. The van der Waals surface area contributed by atoms with Gasteiger partial charge in [-0.1, -0.05) is 72.1 Å². The van der Waals surface area contributed by atoms with E-state index in [1.165, 1.54) is 42.3 Å². The molecule has 0 saturated heterocycles. The largest absolute Gasteiger partial charge is 0.357 e. The molecule has 0 aromatic heterocycles. The summed E-state index contributed by atoms with van der Waals surface area (Å²) in [6.07, 6.45) is 0.308. The molecule has 0 saturated carbocycles. The summed E-state index contributed by atoms with van der Waals surface area (Å²) in [5, 5.41) is 3.45. The van der Waals surface area contributed by atoms with Gasteiger partial charge in [-0.15, -0.1) is 0 Å². The van der Waals surface area contributed by atoms with Crippen molar-refractivity contribution < 1.29 is 18.0 Å². The number of carbonyl (C=O) groups is 2. The third-order valence-electron chi connectivity index (χ3n) is 5.69. The van der Waals surface area contributed by atoms with E-state index in [0.717, 1.165) is 9.87 Å². The maximum absolute atomic E-state index is 13.8. The van der Waals surface area contributed by atoms with Crippen LogP contribution in [0.4, 0.5) is 5.69 Å². The average Bonchev–Trinajstić information content (AvgIpc) is 2.89. The molecule has 1 atom stereocenters. The summed E-state index contributed by atoms with van der Waals surface area (Å²) in [4.78, 5) is 27.9. The molecule has 11 heteroatoms. The fourth-order valence-electron chi connectivity index (χ4n) is 3.78. The third-order valence-corrected chi connectivity index (χ3v) is 8.27. The van der Waals surface area contributed by atoms with Crippen LogP contribution < -0.4 is 9.62 Å². The van der Waals surface area contributed by atoms with Crippen molar-refractivity contribution in [1.82, 2.24) is 10.2 Å². The summed E-state index contributed by atoms with van der Waals surface area (Å²) in [5.41, 5.74) is 0.768. The predicted molar refractivity (Wildman–Crippen MR) is 148 cm³/mol. The molecule has 196 valence electrons. The van der Waals surface area contributed by atoms with Crippen LogP contribution in [0.5, 0.6) is 0 Å². The van der Waals surface area contributed by atoms with Gasteiger partial charge in [0.05, 0.1) is 15.6 Å². The monoisotopic (exact) mass is 581 g/mol. The first-order valence-corrected chi connectivity index (χ1v) is 13.9. The van der Waals surface area contributed by atoms with Gasteiger partial charge in [0.1, 0.15) is 12.6 Å². The molecule has 3 aromatic rings. The molecule has 2 amide bonds. The highest BCUT2D eigenvalue weighted by Gasteiger charge is 2.34. The zero-order chi connectivity index (χ0) is 27.2. The van der Waals surface area contributed by atoms with Gasteiger partial charge in [0.25, 0.3) is 10.0 Å². The minimum Gasteiger partial charge on any atom is -0.357 e. The number of carbonyl (C=O) groups excluding carboxylic acids is 2. The number of anilines is 1. The Morgan fingerprint density at radius 1 is 0.919 bits per heavy atom. The Kier molecular flexibility index (Phi) is 9.84. The van der Waals surface area contributed by atoms with Crippen molar-refractivity contribution in [3.8, 4) is 0 Å². The smallest absolute Gasteiger partial charge is 0.264 e. The standard InChI is InChI=1S/C26H26Cl3N3O4S/c1-3-23(26(34)30-2)31(16-18-9-11-19(27)12-10-18)25(33)17-32(24-15-20(28)13-14-22(24)29)37(35,36)21-7-5-4-6-8-21/h4-15,23H,3,16-17H2,1-2H3,(H,30,34). The lowest BCUT2D eigenvalue weighted by atomic mass is 10.1. The van der Waals surface area contributed by atoms with Crippen molar-refractivity contribution >= 4 is 62.3 Å². The second kappa shape index (κ2) is 12.6. The van der Waals surface area contributed by atoms with E-state index in [1.54, 1.807) is 49.4 Å². The summed E-state index contributed by atoms with van der Waals surface area (Å²) < 4.78 is 28.4. The van der Waals surface area contributed by atoms with Gasteiger partial charge in [0.2, 0.25) is 11.8 Å². The highest BCUT2D eigenvalue weighted by Crippen LogP contribution is 2.33. The average molecular weight is 583 g/mol. The lowest BCUT2D eigenvalue weighted by molar-refractivity contribution is -0.140. The van der Waals surface area contributed by atoms with Gasteiger partial charge in [0, 0.05) is 23.6 Å². The number of likely N-dealkylation sites (N-methyl/N-ethyl adjacent to an activating group) is 1. The van der Waals surface area contributed by atoms with Crippen molar-refractivity contribution in [3.05, 3.63) is 93.4 Å². The number of hydrogen-bond donors (Lipinski definition) is 1. The number of hydrogen-bond acceptors (Lipinski definition) is 4. The normalized spacial score (nSPS) is 12.0. The molecule has 0 fully saturated rings. The molecule has 0 bridgehead atoms. The minimum absolute atomic E-state index is 0.0264. The lowest BCUT2D eigenvalue weighted by Gasteiger charge is -2.33. The van der Waals surface area contributed by atoms with E-state index < -0.39 is 28.5 Å². The zero-order valence-corrected chi connectivity index (χ0v) is 23.3. The predicted octanol–water partition coefficient (Wildman–Crippen LogP) is 5.40. The molecule has 0 spiro atoms. The number of halogens is 3. The number of nitrogens with zero attached hydrogens (tertiary/aromatic N) is 2. The summed E-state index contributed by atoms with van der Waals surface area (Å²) in [6, 6.07) is 18.1. The summed E-state index contributed by atoms with van der Waals surface area (Å²) >= 11 is 18.6. The fourth-order valence-corrected chi connectivity index (χ4v) is 5.79. The molecular weight excluding hydrogens is 557 g/mol.